The summed E-state index contributed by atoms with van der Waals surface area (Å²) in [5.41, 5.74) is 1.37. The lowest BCUT2D eigenvalue weighted by molar-refractivity contribution is 0.0600. The summed E-state index contributed by atoms with van der Waals surface area (Å²) >= 11 is 0. The highest BCUT2D eigenvalue weighted by molar-refractivity contribution is 5.89. The number of halogens is 2. The number of carbonyl (C=O) groups is 2. The second-order valence-corrected chi connectivity index (χ2v) is 6.65. The van der Waals surface area contributed by atoms with Gasteiger partial charge in [0.1, 0.15) is 11.6 Å². The largest absolute Gasteiger partial charge is 0.497 e. The number of hydrogen-bond donors (Lipinski definition) is 2. The molecule has 1 atom stereocenters. The molecule has 0 radical (unpaired) electrons. The van der Waals surface area contributed by atoms with Crippen LogP contribution >= 0.6 is 12.4 Å². The normalized spacial score (nSPS) is 15.7. The molecule has 0 bridgehead atoms. The van der Waals surface area contributed by atoms with Gasteiger partial charge in [0.2, 0.25) is 0 Å². The molecule has 3 rings (SSSR count). The Kier molecular flexibility index (Phi) is 8.44. The summed E-state index contributed by atoms with van der Waals surface area (Å²) in [7, 11) is 2.84. The zero-order chi connectivity index (χ0) is 20.8. The first-order chi connectivity index (χ1) is 14.0. The van der Waals surface area contributed by atoms with Crippen LogP contribution in [0.1, 0.15) is 27.5 Å². The first-order valence-electron chi connectivity index (χ1n) is 9.29. The molecular formula is C21H25ClFN3O4. The van der Waals surface area contributed by atoms with Gasteiger partial charge in [-0.25, -0.2) is 14.0 Å². The van der Waals surface area contributed by atoms with Gasteiger partial charge >= 0.3 is 12.0 Å². The van der Waals surface area contributed by atoms with Crippen molar-refractivity contribution in [1.82, 2.24) is 15.5 Å². The number of benzene rings is 2. The third kappa shape index (κ3) is 5.40. The number of piperazine rings is 1. The summed E-state index contributed by atoms with van der Waals surface area (Å²) < 4.78 is 24.1. The summed E-state index contributed by atoms with van der Waals surface area (Å²) in [5, 5.41) is 6.07. The molecule has 162 valence electrons. The lowest BCUT2D eigenvalue weighted by atomic mass is 10.0. The van der Waals surface area contributed by atoms with Gasteiger partial charge < -0.3 is 25.0 Å². The Morgan fingerprint density at radius 1 is 1.23 bits per heavy atom. The van der Waals surface area contributed by atoms with Gasteiger partial charge in [-0.05, 0) is 29.8 Å². The SMILES string of the molecule is COC(=O)c1ccc(CNC(=O)N2CCNCC2c2cccc(OC)c2)c(F)c1.Cl. The average Bonchev–Trinajstić information content (AvgIpc) is 2.77. The summed E-state index contributed by atoms with van der Waals surface area (Å²) in [6.45, 7) is 1.83. The number of methoxy groups -OCH3 is 2. The second kappa shape index (κ2) is 10.8. The Bertz CT molecular complexity index is 896. The first kappa shape index (κ1) is 23.4. The van der Waals surface area contributed by atoms with Crippen molar-refractivity contribution >= 4 is 24.4 Å². The predicted molar refractivity (Wildman–Crippen MR) is 113 cm³/mol. The van der Waals surface area contributed by atoms with Gasteiger partial charge in [-0.2, -0.15) is 0 Å². The second-order valence-electron chi connectivity index (χ2n) is 6.65. The molecule has 2 aromatic carbocycles. The third-order valence-electron chi connectivity index (χ3n) is 4.89. The van der Waals surface area contributed by atoms with Crippen molar-refractivity contribution in [3.63, 3.8) is 0 Å². The van der Waals surface area contributed by atoms with Crippen molar-refractivity contribution in [3.8, 4) is 5.75 Å². The molecule has 1 aliphatic rings. The standard InChI is InChI=1S/C21H24FN3O4.ClH/c1-28-17-5-3-4-14(10-17)19-13-23-8-9-25(19)21(27)24-12-16-7-6-15(11-18(16)22)20(26)29-2;/h3-7,10-11,19,23H,8-9,12-13H2,1-2H3,(H,24,27);1H. The number of amides is 2. The van der Waals surface area contributed by atoms with Crippen LogP contribution < -0.4 is 15.4 Å². The maximum Gasteiger partial charge on any atom is 0.337 e. The van der Waals surface area contributed by atoms with Crippen LogP contribution in [0.15, 0.2) is 42.5 Å². The molecule has 2 amide bonds. The van der Waals surface area contributed by atoms with E-state index in [2.05, 4.69) is 15.4 Å². The van der Waals surface area contributed by atoms with Crippen LogP contribution in [0.5, 0.6) is 5.75 Å². The van der Waals surface area contributed by atoms with E-state index in [1.54, 1.807) is 12.0 Å². The molecule has 1 fully saturated rings. The number of hydrogen-bond acceptors (Lipinski definition) is 5. The van der Waals surface area contributed by atoms with Gasteiger partial charge in [0.15, 0.2) is 0 Å². The van der Waals surface area contributed by atoms with Gasteiger partial charge in [0, 0.05) is 31.7 Å². The van der Waals surface area contributed by atoms with E-state index >= 15 is 0 Å². The summed E-state index contributed by atoms with van der Waals surface area (Å²) in [6.07, 6.45) is 0. The lowest BCUT2D eigenvalue weighted by Gasteiger charge is -2.36. The van der Waals surface area contributed by atoms with Crippen molar-refractivity contribution in [2.24, 2.45) is 0 Å². The van der Waals surface area contributed by atoms with Gasteiger partial charge in [-0.15, -0.1) is 12.4 Å². The molecule has 1 aliphatic heterocycles. The number of rotatable bonds is 5. The molecular weight excluding hydrogens is 413 g/mol. The van der Waals surface area contributed by atoms with Crippen LogP contribution in [0.3, 0.4) is 0 Å². The van der Waals surface area contributed by atoms with Gasteiger partial charge in [-0.1, -0.05) is 18.2 Å². The molecule has 0 spiro atoms. The Balaban J connectivity index is 0.00000320. The topological polar surface area (TPSA) is 79.9 Å². The number of ether oxygens (including phenoxy) is 2. The number of carbonyl (C=O) groups excluding carboxylic acids is 2. The summed E-state index contributed by atoms with van der Waals surface area (Å²) in [4.78, 5) is 26.0. The quantitative estimate of drug-likeness (QED) is 0.703. The average molecular weight is 438 g/mol. The smallest absolute Gasteiger partial charge is 0.337 e. The van der Waals surface area contributed by atoms with Gasteiger partial charge in [-0.3, -0.25) is 0 Å². The Morgan fingerprint density at radius 2 is 2.03 bits per heavy atom. The van der Waals surface area contributed by atoms with E-state index < -0.39 is 11.8 Å². The van der Waals surface area contributed by atoms with Crippen molar-refractivity contribution in [1.29, 1.82) is 0 Å². The van der Waals surface area contributed by atoms with E-state index in [1.807, 2.05) is 24.3 Å². The zero-order valence-corrected chi connectivity index (χ0v) is 17.6. The fraction of sp³-hybridized carbons (Fsp3) is 0.333. The summed E-state index contributed by atoms with van der Waals surface area (Å²) in [6, 6.07) is 11.2. The monoisotopic (exact) mass is 437 g/mol. The fourth-order valence-corrected chi connectivity index (χ4v) is 3.30. The predicted octanol–water partition coefficient (Wildman–Crippen LogP) is 2.90. The van der Waals surface area contributed by atoms with E-state index in [0.717, 1.165) is 17.4 Å². The molecule has 1 heterocycles. The Labute approximate surface area is 180 Å². The minimum atomic E-state index is -0.610. The number of nitrogens with zero attached hydrogens (tertiary/aromatic N) is 1. The third-order valence-corrected chi connectivity index (χ3v) is 4.89. The van der Waals surface area contributed by atoms with Crippen molar-refractivity contribution < 1.29 is 23.5 Å². The molecule has 7 nitrogen and oxygen atoms in total. The van der Waals surface area contributed by atoms with Crippen molar-refractivity contribution in [2.75, 3.05) is 33.9 Å². The maximum atomic E-state index is 14.3. The van der Waals surface area contributed by atoms with Crippen LogP contribution in [-0.2, 0) is 11.3 Å². The van der Waals surface area contributed by atoms with E-state index in [0.29, 0.717) is 25.2 Å². The molecule has 2 N–H and O–H groups in total. The lowest BCUT2D eigenvalue weighted by Crippen LogP contribution is -2.51. The van der Waals surface area contributed by atoms with E-state index in [-0.39, 0.29) is 36.6 Å². The van der Waals surface area contributed by atoms with Crippen molar-refractivity contribution in [3.05, 3.63) is 65.0 Å². The minimum absolute atomic E-state index is 0. The van der Waals surface area contributed by atoms with Crippen LogP contribution in [0, 0.1) is 5.82 Å². The highest BCUT2D eigenvalue weighted by atomic mass is 35.5. The molecule has 1 saturated heterocycles. The van der Waals surface area contributed by atoms with Crippen LogP contribution in [-0.4, -0.2) is 50.8 Å². The molecule has 2 aromatic rings. The molecule has 0 saturated carbocycles. The zero-order valence-electron chi connectivity index (χ0n) is 16.8. The van der Waals surface area contributed by atoms with Crippen molar-refractivity contribution in [2.45, 2.75) is 12.6 Å². The van der Waals surface area contributed by atoms with Crippen LogP contribution in [0.4, 0.5) is 9.18 Å². The molecule has 0 aliphatic carbocycles. The molecule has 0 aromatic heterocycles. The van der Waals surface area contributed by atoms with E-state index in [9.17, 15) is 14.0 Å². The molecule has 30 heavy (non-hydrogen) atoms. The molecule has 9 heteroatoms. The number of esters is 1. The van der Waals surface area contributed by atoms with E-state index in [1.165, 1.54) is 19.2 Å². The highest BCUT2D eigenvalue weighted by Gasteiger charge is 2.28. The maximum absolute atomic E-state index is 14.3. The molecule has 1 unspecified atom stereocenters. The first-order valence-corrected chi connectivity index (χ1v) is 9.29. The number of urea groups is 1. The minimum Gasteiger partial charge on any atom is -0.497 e. The van der Waals surface area contributed by atoms with Gasteiger partial charge in [0.25, 0.3) is 0 Å². The van der Waals surface area contributed by atoms with Gasteiger partial charge in [0.05, 0.1) is 25.8 Å². The fourth-order valence-electron chi connectivity index (χ4n) is 3.30. The van der Waals surface area contributed by atoms with Crippen LogP contribution in [0.25, 0.3) is 0 Å². The summed E-state index contributed by atoms with van der Waals surface area (Å²) in [5.74, 6) is -0.458. The van der Waals surface area contributed by atoms with E-state index in [4.69, 9.17) is 4.74 Å². The Hall–Kier alpha value is -2.84. The number of nitrogens with one attached hydrogen (secondary N) is 2. The highest BCUT2D eigenvalue weighted by Crippen LogP contribution is 2.25. The van der Waals surface area contributed by atoms with Crippen LogP contribution in [0.2, 0.25) is 0 Å². The Morgan fingerprint density at radius 3 is 2.73 bits per heavy atom.